The molecule has 0 unspecified atom stereocenters. The summed E-state index contributed by atoms with van der Waals surface area (Å²) in [5.41, 5.74) is 10.4. The van der Waals surface area contributed by atoms with Crippen LogP contribution in [0.1, 0.15) is 36.8 Å². The lowest BCUT2D eigenvalue weighted by Crippen LogP contribution is -2.06. The summed E-state index contributed by atoms with van der Waals surface area (Å²) < 4.78 is 2.37. The van der Waals surface area contributed by atoms with Gasteiger partial charge in [-0.3, -0.25) is 0 Å². The lowest BCUT2D eigenvalue weighted by molar-refractivity contribution is 0.649. The summed E-state index contributed by atoms with van der Waals surface area (Å²) in [6.45, 7) is 7.30. The molecule has 0 fully saturated rings. The third kappa shape index (κ3) is 3.82. The van der Waals surface area contributed by atoms with Crippen LogP contribution in [0.5, 0.6) is 0 Å². The Hall–Kier alpha value is -2.01. The molecule has 0 spiro atoms. The fourth-order valence-electron chi connectivity index (χ4n) is 3.13. The maximum absolute atomic E-state index is 6.14. The minimum atomic E-state index is 0.549. The number of hydrogen-bond acceptors (Lipinski definition) is 4. The quantitative estimate of drug-likeness (QED) is 0.491. The van der Waals surface area contributed by atoms with Gasteiger partial charge in [0.25, 0.3) is 0 Å². The van der Waals surface area contributed by atoms with E-state index in [4.69, 9.17) is 10.7 Å². The van der Waals surface area contributed by atoms with E-state index in [9.17, 15) is 0 Å². The number of benzene rings is 1. The van der Waals surface area contributed by atoms with Crippen molar-refractivity contribution in [3.05, 3.63) is 47.4 Å². The zero-order valence-electron chi connectivity index (χ0n) is 15.2. The summed E-state index contributed by atoms with van der Waals surface area (Å²) in [7, 11) is 0. The largest absolute Gasteiger partial charge is 0.382 e. The van der Waals surface area contributed by atoms with Crippen molar-refractivity contribution in [2.45, 2.75) is 51.5 Å². The van der Waals surface area contributed by atoms with Crippen molar-refractivity contribution >= 4 is 28.6 Å². The van der Waals surface area contributed by atoms with E-state index in [0.29, 0.717) is 5.82 Å². The number of thioether (sulfide) groups is 1. The lowest BCUT2D eigenvalue weighted by Gasteiger charge is -2.11. The smallest absolute Gasteiger partial charge is 0.151 e. The number of pyridine rings is 1. The Kier molecular flexibility index (Phi) is 5.63. The Morgan fingerprint density at radius 3 is 2.60 bits per heavy atom. The molecule has 0 radical (unpaired) electrons. The molecule has 4 nitrogen and oxygen atoms in total. The second-order valence-electron chi connectivity index (χ2n) is 6.35. The van der Waals surface area contributed by atoms with Gasteiger partial charge in [0.1, 0.15) is 11.3 Å². The third-order valence-electron chi connectivity index (χ3n) is 4.49. The van der Waals surface area contributed by atoms with Gasteiger partial charge < -0.3 is 10.3 Å². The van der Waals surface area contributed by atoms with E-state index in [2.05, 4.69) is 53.7 Å². The van der Waals surface area contributed by atoms with Crippen LogP contribution in [0, 0.1) is 13.8 Å². The lowest BCUT2D eigenvalue weighted by atomic mass is 10.2. The number of anilines is 1. The number of fused-ring (bicyclic) bond motifs is 1. The number of aryl methyl sites for hydroxylation is 4. The third-order valence-corrected chi connectivity index (χ3v) is 5.59. The Labute approximate surface area is 153 Å². The van der Waals surface area contributed by atoms with Gasteiger partial charge in [-0.15, -0.1) is 11.8 Å². The fourth-order valence-corrected chi connectivity index (χ4v) is 3.99. The molecule has 0 atom stereocenters. The summed E-state index contributed by atoms with van der Waals surface area (Å²) in [5.74, 6) is 2.77. The molecule has 0 bridgehead atoms. The van der Waals surface area contributed by atoms with E-state index >= 15 is 0 Å². The summed E-state index contributed by atoms with van der Waals surface area (Å²) >= 11 is 1.91. The van der Waals surface area contributed by atoms with Crippen molar-refractivity contribution in [3.8, 4) is 0 Å². The van der Waals surface area contributed by atoms with Crippen molar-refractivity contribution in [2.75, 3.05) is 11.5 Å². The first-order valence-electron chi connectivity index (χ1n) is 8.91. The summed E-state index contributed by atoms with van der Waals surface area (Å²) in [6.07, 6.45) is 3.15. The number of nitrogens with two attached hydrogens (primary N) is 1. The predicted molar refractivity (Wildman–Crippen MR) is 107 cm³/mol. The first kappa shape index (κ1) is 17.8. The molecule has 0 aliphatic carbocycles. The van der Waals surface area contributed by atoms with Gasteiger partial charge >= 0.3 is 0 Å². The molecule has 3 rings (SSSR count). The highest BCUT2D eigenvalue weighted by Crippen LogP contribution is 2.27. The molecule has 5 heteroatoms. The first-order chi connectivity index (χ1) is 12.1. The van der Waals surface area contributed by atoms with Crippen molar-refractivity contribution in [1.29, 1.82) is 0 Å². The maximum Gasteiger partial charge on any atom is 0.151 e. The molecule has 3 aromatic rings. The number of imidazole rings is 1. The van der Waals surface area contributed by atoms with Crippen LogP contribution in [-0.4, -0.2) is 20.3 Å². The number of aromatic nitrogens is 3. The maximum atomic E-state index is 6.14. The molecule has 132 valence electrons. The molecule has 2 N–H and O–H groups in total. The topological polar surface area (TPSA) is 56.7 Å². The van der Waals surface area contributed by atoms with Crippen LogP contribution >= 0.6 is 11.8 Å². The highest BCUT2D eigenvalue weighted by atomic mass is 32.2. The van der Waals surface area contributed by atoms with Crippen molar-refractivity contribution < 1.29 is 0 Å². The van der Waals surface area contributed by atoms with E-state index in [1.54, 1.807) is 0 Å². The highest BCUT2D eigenvalue weighted by Gasteiger charge is 2.16. The number of nitrogens with zero attached hydrogens (tertiary/aromatic N) is 3. The Morgan fingerprint density at radius 1 is 1.12 bits per heavy atom. The van der Waals surface area contributed by atoms with Crippen molar-refractivity contribution in [2.24, 2.45) is 0 Å². The van der Waals surface area contributed by atoms with Crippen LogP contribution in [-0.2, 0) is 13.0 Å². The van der Waals surface area contributed by atoms with Crippen LogP contribution in [0.15, 0.2) is 35.2 Å². The fraction of sp³-hybridized carbons (Fsp3) is 0.400. The number of hydrogen-bond donors (Lipinski definition) is 1. The second kappa shape index (κ2) is 7.91. The Bertz CT molecular complexity index is 855. The molecular weight excluding hydrogens is 328 g/mol. The van der Waals surface area contributed by atoms with Crippen LogP contribution in [0.4, 0.5) is 5.82 Å². The van der Waals surface area contributed by atoms with Gasteiger partial charge in [0.15, 0.2) is 5.82 Å². The number of rotatable bonds is 7. The SMILES string of the molecule is CCCc1nc2c(N)nc(C)c(C)c2n1CCCSc1ccccc1. The van der Waals surface area contributed by atoms with E-state index in [1.807, 2.05) is 18.7 Å². The summed E-state index contributed by atoms with van der Waals surface area (Å²) in [4.78, 5) is 10.6. The van der Waals surface area contributed by atoms with Crippen LogP contribution < -0.4 is 5.73 Å². The minimum Gasteiger partial charge on any atom is -0.382 e. The molecule has 0 aliphatic rings. The van der Waals surface area contributed by atoms with Crippen LogP contribution in [0.2, 0.25) is 0 Å². The molecular formula is C20H26N4S. The monoisotopic (exact) mass is 354 g/mol. The Morgan fingerprint density at radius 2 is 1.88 bits per heavy atom. The number of nitrogen functional groups attached to an aromatic ring is 1. The van der Waals surface area contributed by atoms with Gasteiger partial charge in [-0.25, -0.2) is 9.97 Å². The average Bonchev–Trinajstić information content (AvgIpc) is 2.97. The van der Waals surface area contributed by atoms with Crippen LogP contribution in [0.3, 0.4) is 0 Å². The summed E-state index contributed by atoms with van der Waals surface area (Å²) in [6, 6.07) is 10.6. The van der Waals surface area contributed by atoms with Gasteiger partial charge in [-0.05, 0) is 50.1 Å². The molecule has 1 aromatic carbocycles. The van der Waals surface area contributed by atoms with E-state index in [0.717, 1.165) is 54.1 Å². The van der Waals surface area contributed by atoms with Crippen molar-refractivity contribution in [1.82, 2.24) is 14.5 Å². The van der Waals surface area contributed by atoms with Gasteiger partial charge in [-0.1, -0.05) is 25.1 Å². The van der Waals surface area contributed by atoms with Gasteiger partial charge in [-0.2, -0.15) is 0 Å². The molecule has 0 aliphatic heterocycles. The van der Waals surface area contributed by atoms with Gasteiger partial charge in [0, 0.05) is 23.6 Å². The second-order valence-corrected chi connectivity index (χ2v) is 7.52. The zero-order valence-corrected chi connectivity index (χ0v) is 16.1. The molecule has 2 heterocycles. The first-order valence-corrected chi connectivity index (χ1v) is 9.90. The summed E-state index contributed by atoms with van der Waals surface area (Å²) in [5, 5.41) is 0. The normalized spacial score (nSPS) is 11.3. The van der Waals surface area contributed by atoms with E-state index in [-0.39, 0.29) is 0 Å². The van der Waals surface area contributed by atoms with Crippen molar-refractivity contribution in [3.63, 3.8) is 0 Å². The predicted octanol–water partition coefficient (Wildman–Crippen LogP) is 4.77. The van der Waals surface area contributed by atoms with Gasteiger partial charge in [0.05, 0.1) is 5.52 Å². The van der Waals surface area contributed by atoms with E-state index < -0.39 is 0 Å². The average molecular weight is 355 g/mol. The zero-order chi connectivity index (χ0) is 17.8. The van der Waals surface area contributed by atoms with Gasteiger partial charge in [0.2, 0.25) is 0 Å². The van der Waals surface area contributed by atoms with E-state index in [1.165, 1.54) is 10.5 Å². The Balaban J connectivity index is 1.82. The molecule has 0 amide bonds. The van der Waals surface area contributed by atoms with Crippen LogP contribution in [0.25, 0.3) is 11.0 Å². The molecule has 0 saturated heterocycles. The standard InChI is InChI=1S/C20H26N4S/c1-4-9-17-23-18-19(14(2)15(3)22-20(18)21)24(17)12-8-13-25-16-10-6-5-7-11-16/h5-7,10-11H,4,8-9,12-13H2,1-3H3,(H2,21,22). The molecule has 0 saturated carbocycles. The molecule has 2 aromatic heterocycles. The highest BCUT2D eigenvalue weighted by molar-refractivity contribution is 7.99. The molecule has 25 heavy (non-hydrogen) atoms. The minimum absolute atomic E-state index is 0.549.